The van der Waals surface area contributed by atoms with Crippen LogP contribution in [-0.4, -0.2) is 20.8 Å². The molecule has 0 aliphatic heterocycles. The summed E-state index contributed by atoms with van der Waals surface area (Å²) >= 11 is 1.75. The van der Waals surface area contributed by atoms with Gasteiger partial charge >= 0.3 is 0 Å². The molecular formula is C13H20N4S. The maximum absolute atomic E-state index is 4.30. The van der Waals surface area contributed by atoms with Crippen LogP contribution in [0.1, 0.15) is 31.7 Å². The molecular weight excluding hydrogens is 244 g/mol. The van der Waals surface area contributed by atoms with Crippen molar-refractivity contribution < 1.29 is 0 Å². The van der Waals surface area contributed by atoms with Crippen LogP contribution >= 0.6 is 11.3 Å². The molecule has 1 unspecified atom stereocenters. The molecule has 98 valence electrons. The molecule has 0 fully saturated rings. The van der Waals surface area contributed by atoms with Crippen LogP contribution in [0.5, 0.6) is 0 Å². The molecule has 0 aliphatic carbocycles. The summed E-state index contributed by atoms with van der Waals surface area (Å²) in [7, 11) is 0. The summed E-state index contributed by atoms with van der Waals surface area (Å²) in [6, 6.07) is 2.63. The van der Waals surface area contributed by atoms with E-state index in [2.05, 4.69) is 46.1 Å². The molecule has 2 aromatic heterocycles. The minimum absolute atomic E-state index is 0.450. The normalized spacial score (nSPS) is 12.8. The number of rotatable bonds is 7. The summed E-state index contributed by atoms with van der Waals surface area (Å²) in [5.74, 6) is 1.02. The number of aryl methyl sites for hydroxylation is 1. The number of aromatic nitrogens is 3. The molecule has 0 saturated heterocycles. The van der Waals surface area contributed by atoms with Gasteiger partial charge in [-0.05, 0) is 42.2 Å². The third-order valence-electron chi connectivity index (χ3n) is 2.86. The molecule has 2 heterocycles. The van der Waals surface area contributed by atoms with Gasteiger partial charge in [-0.2, -0.15) is 16.4 Å². The van der Waals surface area contributed by atoms with Crippen LogP contribution in [0.15, 0.2) is 23.2 Å². The van der Waals surface area contributed by atoms with Crippen molar-refractivity contribution in [1.82, 2.24) is 20.1 Å². The molecule has 0 spiro atoms. The highest BCUT2D eigenvalue weighted by Gasteiger charge is 2.07. The first-order valence-electron chi connectivity index (χ1n) is 6.40. The van der Waals surface area contributed by atoms with Gasteiger partial charge in [0.2, 0.25) is 0 Å². The topological polar surface area (TPSA) is 42.7 Å². The van der Waals surface area contributed by atoms with Crippen LogP contribution in [0.4, 0.5) is 0 Å². The zero-order chi connectivity index (χ0) is 12.8. The fourth-order valence-corrected chi connectivity index (χ4v) is 2.61. The second-order valence-electron chi connectivity index (χ2n) is 4.52. The Morgan fingerprint density at radius 1 is 1.50 bits per heavy atom. The van der Waals surface area contributed by atoms with Crippen LogP contribution in [0.3, 0.4) is 0 Å². The van der Waals surface area contributed by atoms with Crippen LogP contribution in [0.25, 0.3) is 0 Å². The average Bonchev–Trinajstić information content (AvgIpc) is 2.99. The number of hydrogen-bond donors (Lipinski definition) is 1. The Labute approximate surface area is 112 Å². The summed E-state index contributed by atoms with van der Waals surface area (Å²) in [4.78, 5) is 4.30. The summed E-state index contributed by atoms with van der Waals surface area (Å²) < 4.78 is 1.98. The number of hydrogen-bond acceptors (Lipinski definition) is 4. The Bertz CT molecular complexity index is 449. The van der Waals surface area contributed by atoms with Gasteiger partial charge in [-0.3, -0.25) is 0 Å². The molecule has 0 amide bonds. The zero-order valence-corrected chi connectivity index (χ0v) is 11.8. The molecule has 1 atom stereocenters. The lowest BCUT2D eigenvalue weighted by Gasteiger charge is -2.13. The van der Waals surface area contributed by atoms with Crippen molar-refractivity contribution in [2.45, 2.75) is 45.8 Å². The number of nitrogens with one attached hydrogen (secondary N) is 1. The maximum atomic E-state index is 4.30. The van der Waals surface area contributed by atoms with Gasteiger partial charge in [-0.25, -0.2) is 9.67 Å². The van der Waals surface area contributed by atoms with E-state index in [0.29, 0.717) is 6.04 Å². The molecule has 0 saturated carbocycles. The lowest BCUT2D eigenvalue weighted by Crippen LogP contribution is -2.29. The lowest BCUT2D eigenvalue weighted by atomic mass is 10.1. The Hall–Kier alpha value is -1.20. The maximum Gasteiger partial charge on any atom is 0.140 e. The predicted molar refractivity (Wildman–Crippen MR) is 74.6 cm³/mol. The quantitative estimate of drug-likeness (QED) is 0.835. The molecule has 0 aromatic carbocycles. The van der Waals surface area contributed by atoms with E-state index in [1.54, 1.807) is 17.7 Å². The molecule has 1 N–H and O–H groups in total. The summed E-state index contributed by atoms with van der Waals surface area (Å²) in [5, 5.41) is 12.1. The first-order chi connectivity index (χ1) is 8.79. The second kappa shape index (κ2) is 6.66. The summed E-state index contributed by atoms with van der Waals surface area (Å²) in [6.45, 7) is 6.08. The van der Waals surface area contributed by atoms with Crippen molar-refractivity contribution in [1.29, 1.82) is 0 Å². The van der Waals surface area contributed by atoms with E-state index in [9.17, 15) is 0 Å². The summed E-state index contributed by atoms with van der Waals surface area (Å²) in [5.41, 5.74) is 1.40. The Balaban J connectivity index is 1.81. The van der Waals surface area contributed by atoms with E-state index < -0.39 is 0 Å². The highest BCUT2D eigenvalue weighted by atomic mass is 32.1. The van der Waals surface area contributed by atoms with E-state index in [0.717, 1.165) is 31.8 Å². The van der Waals surface area contributed by atoms with Gasteiger partial charge in [0.25, 0.3) is 0 Å². The fourth-order valence-electron chi connectivity index (χ4n) is 1.92. The van der Waals surface area contributed by atoms with Gasteiger partial charge in [0.1, 0.15) is 12.2 Å². The van der Waals surface area contributed by atoms with Crippen molar-refractivity contribution in [3.63, 3.8) is 0 Å². The van der Waals surface area contributed by atoms with E-state index in [1.807, 2.05) is 4.68 Å². The van der Waals surface area contributed by atoms with E-state index in [4.69, 9.17) is 0 Å². The molecule has 0 radical (unpaired) electrons. The van der Waals surface area contributed by atoms with E-state index in [1.165, 1.54) is 5.56 Å². The van der Waals surface area contributed by atoms with Crippen molar-refractivity contribution in [2.75, 3.05) is 0 Å². The molecule has 5 heteroatoms. The van der Waals surface area contributed by atoms with Crippen LogP contribution < -0.4 is 5.32 Å². The first-order valence-corrected chi connectivity index (χ1v) is 7.35. The molecule has 0 bridgehead atoms. The van der Waals surface area contributed by atoms with Gasteiger partial charge in [0, 0.05) is 12.6 Å². The van der Waals surface area contributed by atoms with Crippen LogP contribution in [0, 0.1) is 0 Å². The van der Waals surface area contributed by atoms with Gasteiger partial charge in [0.15, 0.2) is 0 Å². The SMILES string of the molecule is CCCn1ncnc1CNC(C)Cc1ccsc1. The molecule has 18 heavy (non-hydrogen) atoms. The number of thiophene rings is 1. The highest BCUT2D eigenvalue weighted by molar-refractivity contribution is 7.07. The predicted octanol–water partition coefficient (Wildman–Crippen LogP) is 2.47. The third-order valence-corrected chi connectivity index (χ3v) is 3.59. The van der Waals surface area contributed by atoms with Crippen molar-refractivity contribution in [3.05, 3.63) is 34.5 Å². The third kappa shape index (κ3) is 3.65. The second-order valence-corrected chi connectivity index (χ2v) is 5.30. The molecule has 2 aromatic rings. The average molecular weight is 264 g/mol. The van der Waals surface area contributed by atoms with Gasteiger partial charge < -0.3 is 5.32 Å². The Kier molecular flexibility index (Phi) is 4.90. The molecule has 0 aliphatic rings. The minimum atomic E-state index is 0.450. The minimum Gasteiger partial charge on any atom is -0.307 e. The molecule has 2 rings (SSSR count). The fraction of sp³-hybridized carbons (Fsp3) is 0.538. The highest BCUT2D eigenvalue weighted by Crippen LogP contribution is 2.08. The molecule has 4 nitrogen and oxygen atoms in total. The van der Waals surface area contributed by atoms with Crippen LogP contribution in [0.2, 0.25) is 0 Å². The first kappa shape index (κ1) is 13.2. The summed E-state index contributed by atoms with van der Waals surface area (Å²) in [6.07, 6.45) is 3.78. The smallest absolute Gasteiger partial charge is 0.140 e. The van der Waals surface area contributed by atoms with Crippen LogP contribution in [-0.2, 0) is 19.5 Å². The van der Waals surface area contributed by atoms with Crippen molar-refractivity contribution in [2.24, 2.45) is 0 Å². The van der Waals surface area contributed by atoms with Crippen molar-refractivity contribution in [3.8, 4) is 0 Å². The largest absolute Gasteiger partial charge is 0.307 e. The van der Waals surface area contributed by atoms with E-state index >= 15 is 0 Å². The number of nitrogens with zero attached hydrogens (tertiary/aromatic N) is 3. The van der Waals surface area contributed by atoms with Crippen molar-refractivity contribution >= 4 is 11.3 Å². The van der Waals surface area contributed by atoms with Gasteiger partial charge in [-0.1, -0.05) is 6.92 Å². The standard InChI is InChI=1S/C13H20N4S/c1-3-5-17-13(15-10-16-17)8-14-11(2)7-12-4-6-18-9-12/h4,6,9-11,14H,3,5,7-8H2,1-2H3. The zero-order valence-electron chi connectivity index (χ0n) is 11.0. The lowest BCUT2D eigenvalue weighted by molar-refractivity contribution is 0.497. The monoisotopic (exact) mass is 264 g/mol. The van der Waals surface area contributed by atoms with E-state index in [-0.39, 0.29) is 0 Å². The van der Waals surface area contributed by atoms with Gasteiger partial charge in [-0.15, -0.1) is 0 Å². The Morgan fingerprint density at radius 3 is 3.11 bits per heavy atom. The van der Waals surface area contributed by atoms with Gasteiger partial charge in [0.05, 0.1) is 6.54 Å². The Morgan fingerprint density at radius 2 is 2.39 bits per heavy atom.